The number of hydrogen-bond acceptors (Lipinski definition) is 2. The molecule has 0 saturated carbocycles. The summed E-state index contributed by atoms with van der Waals surface area (Å²) in [5.74, 6) is -0.995. The van der Waals surface area contributed by atoms with Crippen molar-refractivity contribution in [1.82, 2.24) is 15.1 Å². The number of aryl methyl sites for hydroxylation is 3. The third-order valence-corrected chi connectivity index (χ3v) is 4.08. The highest BCUT2D eigenvalue weighted by Crippen LogP contribution is 2.27. The zero-order valence-corrected chi connectivity index (χ0v) is 13.1. The maximum Gasteiger partial charge on any atom is 0.133 e. The number of halogens is 2. The van der Waals surface area contributed by atoms with Crippen LogP contribution >= 0.6 is 0 Å². The van der Waals surface area contributed by atoms with Gasteiger partial charge in [0.05, 0.1) is 5.69 Å². The van der Waals surface area contributed by atoms with Crippen molar-refractivity contribution in [3.8, 4) is 0 Å². The SMILES string of the molecule is CNC(Cc1c(C)nn(C)c1C)c1c(F)ccc(C)c1F. The molecule has 1 heterocycles. The van der Waals surface area contributed by atoms with E-state index in [1.807, 2.05) is 20.9 Å². The third kappa shape index (κ3) is 2.83. The number of likely N-dealkylation sites (N-methyl/N-ethyl adjacent to an activating group) is 1. The molecule has 3 nitrogen and oxygen atoms in total. The summed E-state index contributed by atoms with van der Waals surface area (Å²) < 4.78 is 30.2. The van der Waals surface area contributed by atoms with Gasteiger partial charge in [-0.1, -0.05) is 6.07 Å². The minimum Gasteiger partial charge on any atom is -0.313 e. The molecule has 0 aliphatic carbocycles. The second-order valence-electron chi connectivity index (χ2n) is 5.41. The smallest absolute Gasteiger partial charge is 0.133 e. The summed E-state index contributed by atoms with van der Waals surface area (Å²) in [6.45, 7) is 5.52. The predicted octanol–water partition coefficient (Wildman–Crippen LogP) is 3.13. The molecule has 5 heteroatoms. The molecule has 2 aromatic rings. The van der Waals surface area contributed by atoms with E-state index in [-0.39, 0.29) is 5.56 Å². The van der Waals surface area contributed by atoms with Gasteiger partial charge in [-0.05, 0) is 51.4 Å². The van der Waals surface area contributed by atoms with Crippen molar-refractivity contribution in [2.24, 2.45) is 7.05 Å². The Balaban J connectivity index is 2.44. The van der Waals surface area contributed by atoms with E-state index in [4.69, 9.17) is 0 Å². The molecule has 0 amide bonds. The predicted molar refractivity (Wildman–Crippen MR) is 79.3 cm³/mol. The lowest BCUT2D eigenvalue weighted by molar-refractivity contribution is 0.485. The van der Waals surface area contributed by atoms with Crippen LogP contribution < -0.4 is 5.32 Å². The van der Waals surface area contributed by atoms with Gasteiger partial charge >= 0.3 is 0 Å². The van der Waals surface area contributed by atoms with Crippen LogP contribution in [0.5, 0.6) is 0 Å². The standard InChI is InChI=1S/C16H21F2N3/c1-9-6-7-13(17)15(16(9)18)14(19-4)8-12-10(2)20-21(5)11(12)3/h6-7,14,19H,8H2,1-5H3. The van der Waals surface area contributed by atoms with Crippen LogP contribution in [0.2, 0.25) is 0 Å². The van der Waals surface area contributed by atoms with Crippen LogP contribution in [-0.4, -0.2) is 16.8 Å². The number of rotatable bonds is 4. The van der Waals surface area contributed by atoms with Gasteiger partial charge in [0.1, 0.15) is 11.6 Å². The monoisotopic (exact) mass is 293 g/mol. The van der Waals surface area contributed by atoms with E-state index in [1.54, 1.807) is 18.7 Å². The lowest BCUT2D eigenvalue weighted by atomic mass is 9.95. The second-order valence-corrected chi connectivity index (χ2v) is 5.41. The summed E-state index contributed by atoms with van der Waals surface area (Å²) in [5, 5.41) is 7.38. The third-order valence-electron chi connectivity index (χ3n) is 4.08. The average molecular weight is 293 g/mol. The number of benzene rings is 1. The molecule has 0 radical (unpaired) electrons. The van der Waals surface area contributed by atoms with Gasteiger partial charge in [-0.2, -0.15) is 5.10 Å². The lowest BCUT2D eigenvalue weighted by Gasteiger charge is -2.19. The fourth-order valence-corrected chi connectivity index (χ4v) is 2.66. The number of nitrogens with one attached hydrogen (secondary N) is 1. The Hall–Kier alpha value is -1.75. The summed E-state index contributed by atoms with van der Waals surface area (Å²) in [6, 6.07) is 2.36. The first-order valence-electron chi connectivity index (χ1n) is 6.97. The molecule has 2 rings (SSSR count). The molecule has 0 aliphatic heterocycles. The van der Waals surface area contributed by atoms with Gasteiger partial charge in [-0.25, -0.2) is 8.78 Å². The number of aromatic nitrogens is 2. The van der Waals surface area contributed by atoms with Crippen LogP contribution in [0.4, 0.5) is 8.78 Å². The van der Waals surface area contributed by atoms with Gasteiger partial charge in [0.25, 0.3) is 0 Å². The summed E-state index contributed by atoms with van der Waals surface area (Å²) in [4.78, 5) is 0. The first kappa shape index (κ1) is 15.6. The van der Waals surface area contributed by atoms with E-state index in [0.29, 0.717) is 12.0 Å². The van der Waals surface area contributed by atoms with Crippen molar-refractivity contribution >= 4 is 0 Å². The Morgan fingerprint density at radius 2 is 1.90 bits per heavy atom. The van der Waals surface area contributed by atoms with E-state index < -0.39 is 17.7 Å². The molecule has 0 aliphatic rings. The van der Waals surface area contributed by atoms with Gasteiger partial charge in [0, 0.05) is 24.3 Å². The highest BCUT2D eigenvalue weighted by molar-refractivity contribution is 5.33. The van der Waals surface area contributed by atoms with Crippen LogP contribution in [0.25, 0.3) is 0 Å². The zero-order chi connectivity index (χ0) is 15.7. The lowest BCUT2D eigenvalue weighted by Crippen LogP contribution is -2.22. The Morgan fingerprint density at radius 3 is 2.43 bits per heavy atom. The van der Waals surface area contributed by atoms with E-state index >= 15 is 0 Å². The fourth-order valence-electron chi connectivity index (χ4n) is 2.66. The molecule has 0 bridgehead atoms. The highest BCUT2D eigenvalue weighted by Gasteiger charge is 2.23. The Bertz CT molecular complexity index is 662. The normalized spacial score (nSPS) is 12.7. The van der Waals surface area contributed by atoms with Crippen molar-refractivity contribution in [3.63, 3.8) is 0 Å². The Labute approximate surface area is 124 Å². The Morgan fingerprint density at radius 1 is 1.24 bits per heavy atom. The van der Waals surface area contributed by atoms with Crippen molar-refractivity contribution in [1.29, 1.82) is 0 Å². The van der Waals surface area contributed by atoms with Crippen LogP contribution in [0.1, 0.15) is 34.1 Å². The van der Waals surface area contributed by atoms with Crippen LogP contribution in [0.3, 0.4) is 0 Å². The number of hydrogen-bond donors (Lipinski definition) is 1. The molecule has 114 valence electrons. The Kier molecular flexibility index (Phi) is 4.42. The van der Waals surface area contributed by atoms with Gasteiger partial charge in [0.2, 0.25) is 0 Å². The molecule has 1 aromatic heterocycles. The largest absolute Gasteiger partial charge is 0.313 e. The highest BCUT2D eigenvalue weighted by atomic mass is 19.1. The molecule has 0 spiro atoms. The molecule has 1 N–H and O–H groups in total. The van der Waals surface area contributed by atoms with Crippen LogP contribution in [-0.2, 0) is 13.5 Å². The molecular formula is C16H21F2N3. The van der Waals surface area contributed by atoms with Crippen molar-refractivity contribution in [2.45, 2.75) is 33.2 Å². The maximum absolute atomic E-state index is 14.3. The van der Waals surface area contributed by atoms with E-state index in [0.717, 1.165) is 17.0 Å². The zero-order valence-electron chi connectivity index (χ0n) is 13.1. The molecule has 21 heavy (non-hydrogen) atoms. The van der Waals surface area contributed by atoms with Crippen LogP contribution in [0.15, 0.2) is 12.1 Å². The van der Waals surface area contributed by atoms with Gasteiger partial charge < -0.3 is 5.32 Å². The summed E-state index contributed by atoms with van der Waals surface area (Å²) in [7, 11) is 3.58. The van der Waals surface area contributed by atoms with Gasteiger partial charge in [-0.3, -0.25) is 4.68 Å². The topological polar surface area (TPSA) is 29.9 Å². The average Bonchev–Trinajstić information content (AvgIpc) is 2.68. The van der Waals surface area contributed by atoms with Crippen molar-refractivity contribution < 1.29 is 8.78 Å². The number of nitrogens with zero attached hydrogens (tertiary/aromatic N) is 2. The molecule has 1 unspecified atom stereocenters. The van der Waals surface area contributed by atoms with Gasteiger partial charge in [-0.15, -0.1) is 0 Å². The fraction of sp³-hybridized carbons (Fsp3) is 0.438. The first-order chi connectivity index (χ1) is 9.86. The summed E-state index contributed by atoms with van der Waals surface area (Å²) in [6.07, 6.45) is 0.499. The van der Waals surface area contributed by atoms with E-state index in [2.05, 4.69) is 10.4 Å². The second kappa shape index (κ2) is 5.93. The minimum absolute atomic E-state index is 0.0974. The summed E-state index contributed by atoms with van der Waals surface area (Å²) >= 11 is 0. The minimum atomic E-state index is -0.517. The van der Waals surface area contributed by atoms with Gasteiger partial charge in [0.15, 0.2) is 0 Å². The molecular weight excluding hydrogens is 272 g/mol. The van der Waals surface area contributed by atoms with E-state index in [9.17, 15) is 8.78 Å². The molecule has 1 atom stereocenters. The first-order valence-corrected chi connectivity index (χ1v) is 6.97. The molecule has 1 aromatic carbocycles. The maximum atomic E-state index is 14.3. The van der Waals surface area contributed by atoms with Crippen LogP contribution in [0, 0.1) is 32.4 Å². The molecule has 0 saturated heterocycles. The quantitative estimate of drug-likeness (QED) is 0.938. The van der Waals surface area contributed by atoms with E-state index in [1.165, 1.54) is 12.1 Å². The van der Waals surface area contributed by atoms with Crippen molar-refractivity contribution in [3.05, 3.63) is 51.8 Å². The summed E-state index contributed by atoms with van der Waals surface area (Å²) in [5.41, 5.74) is 3.48. The molecule has 0 fully saturated rings. The van der Waals surface area contributed by atoms with Crippen molar-refractivity contribution in [2.75, 3.05) is 7.05 Å².